The van der Waals surface area contributed by atoms with Crippen molar-refractivity contribution in [2.75, 3.05) is 19.6 Å². The summed E-state index contributed by atoms with van der Waals surface area (Å²) < 4.78 is 0. The predicted octanol–water partition coefficient (Wildman–Crippen LogP) is 1.90. The maximum absolute atomic E-state index is 12.7. The molecule has 4 heterocycles. The lowest BCUT2D eigenvalue weighted by Crippen LogP contribution is -2.54. The third-order valence-corrected chi connectivity index (χ3v) is 4.80. The van der Waals surface area contributed by atoms with E-state index < -0.39 is 0 Å². The van der Waals surface area contributed by atoms with Crippen molar-refractivity contribution in [3.8, 4) is 0 Å². The van der Waals surface area contributed by atoms with Crippen LogP contribution in [0.25, 0.3) is 0 Å². The number of likely N-dealkylation sites (tertiary alicyclic amines) is 1. The number of fused-ring (bicyclic) bond motifs is 1. The van der Waals surface area contributed by atoms with Gasteiger partial charge in [-0.3, -0.25) is 0 Å². The smallest absolute Gasteiger partial charge is 0.320 e. The number of imidazole rings is 1. The van der Waals surface area contributed by atoms with Crippen LogP contribution in [0, 0.1) is 0 Å². The Balaban J connectivity index is 1.39. The molecule has 2 aromatic heterocycles. The summed E-state index contributed by atoms with van der Waals surface area (Å²) in [6.45, 7) is 6.99. The second-order valence-corrected chi connectivity index (χ2v) is 6.89. The topological polar surface area (TPSA) is 78.0 Å². The van der Waals surface area contributed by atoms with Gasteiger partial charge in [-0.2, -0.15) is 0 Å². The fourth-order valence-corrected chi connectivity index (χ4v) is 3.28. The van der Waals surface area contributed by atoms with Crippen molar-refractivity contribution < 1.29 is 4.79 Å². The Morgan fingerprint density at radius 1 is 1.29 bits per heavy atom. The second kappa shape index (κ2) is 5.89. The fourth-order valence-electron chi connectivity index (χ4n) is 3.28. The van der Waals surface area contributed by atoms with Gasteiger partial charge in [-0.25, -0.2) is 19.7 Å². The number of hydrogen-bond acceptors (Lipinski definition) is 4. The van der Waals surface area contributed by atoms with Crippen LogP contribution in [0.15, 0.2) is 18.6 Å². The molecule has 0 atom stereocenters. The van der Waals surface area contributed by atoms with Gasteiger partial charge in [0.2, 0.25) is 0 Å². The van der Waals surface area contributed by atoms with E-state index in [1.807, 2.05) is 22.2 Å². The number of urea groups is 1. The van der Waals surface area contributed by atoms with Crippen LogP contribution in [-0.4, -0.2) is 55.4 Å². The average Bonchev–Trinajstić information content (AvgIpc) is 3.06. The Hall–Kier alpha value is -2.44. The zero-order valence-electron chi connectivity index (χ0n) is 14.1. The number of aromatic amines is 1. The molecular weight excluding hydrogens is 304 g/mol. The summed E-state index contributed by atoms with van der Waals surface area (Å²) in [6, 6.07) is 0.108. The van der Waals surface area contributed by atoms with Crippen molar-refractivity contribution in [1.29, 1.82) is 0 Å². The SMILES string of the molecule is CC(C)c1ncc2c(n1)CCN(C(=O)N1CC(c3ncc[nH]3)C1)C2. The van der Waals surface area contributed by atoms with Gasteiger partial charge in [-0.15, -0.1) is 0 Å². The summed E-state index contributed by atoms with van der Waals surface area (Å²) in [4.78, 5) is 32.9. The number of H-pyrrole nitrogens is 1. The molecule has 0 radical (unpaired) electrons. The Labute approximate surface area is 141 Å². The fraction of sp³-hybridized carbons (Fsp3) is 0.529. The van der Waals surface area contributed by atoms with Crippen LogP contribution in [0.5, 0.6) is 0 Å². The molecule has 2 amide bonds. The van der Waals surface area contributed by atoms with E-state index in [1.165, 1.54) is 0 Å². The first-order valence-electron chi connectivity index (χ1n) is 8.49. The Kier molecular flexibility index (Phi) is 3.70. The molecular formula is C17H22N6O. The molecule has 0 saturated carbocycles. The standard InChI is InChI=1S/C17H22N6O/c1-11(2)15-20-7-12-8-22(6-3-14(12)21-15)17(24)23-9-13(10-23)16-18-4-5-19-16/h4-5,7,11,13H,3,6,8-10H2,1-2H3,(H,18,19). The van der Waals surface area contributed by atoms with E-state index >= 15 is 0 Å². The van der Waals surface area contributed by atoms with E-state index in [1.54, 1.807) is 6.20 Å². The zero-order valence-corrected chi connectivity index (χ0v) is 14.1. The van der Waals surface area contributed by atoms with Crippen LogP contribution >= 0.6 is 0 Å². The molecule has 4 rings (SSSR count). The second-order valence-electron chi connectivity index (χ2n) is 6.89. The van der Waals surface area contributed by atoms with Gasteiger partial charge in [-0.1, -0.05) is 13.8 Å². The lowest BCUT2D eigenvalue weighted by atomic mass is 9.99. The summed E-state index contributed by atoms with van der Waals surface area (Å²) in [5, 5.41) is 0. The lowest BCUT2D eigenvalue weighted by Gasteiger charge is -2.42. The van der Waals surface area contributed by atoms with Gasteiger partial charge in [0.1, 0.15) is 11.6 Å². The summed E-state index contributed by atoms with van der Waals surface area (Å²) >= 11 is 0. The largest absolute Gasteiger partial charge is 0.348 e. The molecule has 126 valence electrons. The normalized spacial score (nSPS) is 17.8. The van der Waals surface area contributed by atoms with E-state index in [-0.39, 0.29) is 6.03 Å². The molecule has 0 bridgehead atoms. The van der Waals surface area contributed by atoms with Crippen molar-refractivity contribution in [2.24, 2.45) is 0 Å². The molecule has 7 heteroatoms. The highest BCUT2D eigenvalue weighted by Crippen LogP contribution is 2.27. The first-order chi connectivity index (χ1) is 11.6. The summed E-state index contributed by atoms with van der Waals surface area (Å²) in [7, 11) is 0. The summed E-state index contributed by atoms with van der Waals surface area (Å²) in [5.41, 5.74) is 2.16. The average molecular weight is 326 g/mol. The van der Waals surface area contributed by atoms with Gasteiger partial charge in [0.05, 0.1) is 18.2 Å². The highest BCUT2D eigenvalue weighted by molar-refractivity contribution is 5.76. The molecule has 7 nitrogen and oxygen atoms in total. The number of rotatable bonds is 2. The van der Waals surface area contributed by atoms with Crippen LogP contribution in [0.1, 0.15) is 48.6 Å². The summed E-state index contributed by atoms with van der Waals surface area (Å²) in [5.74, 6) is 2.52. The molecule has 24 heavy (non-hydrogen) atoms. The van der Waals surface area contributed by atoms with Gasteiger partial charge in [-0.05, 0) is 0 Å². The van der Waals surface area contributed by atoms with Gasteiger partial charge in [0, 0.05) is 56.1 Å². The van der Waals surface area contributed by atoms with Crippen LogP contribution < -0.4 is 0 Å². The molecule has 2 aliphatic heterocycles. The molecule has 0 aliphatic carbocycles. The van der Waals surface area contributed by atoms with Crippen LogP contribution in [0.3, 0.4) is 0 Å². The number of nitrogens with one attached hydrogen (secondary N) is 1. The number of hydrogen-bond donors (Lipinski definition) is 1. The third-order valence-electron chi connectivity index (χ3n) is 4.80. The molecule has 1 N–H and O–H groups in total. The van der Waals surface area contributed by atoms with E-state index in [9.17, 15) is 4.79 Å². The number of carbonyl (C=O) groups is 1. The monoisotopic (exact) mass is 326 g/mol. The molecule has 0 spiro atoms. The Morgan fingerprint density at radius 2 is 2.12 bits per heavy atom. The van der Waals surface area contributed by atoms with E-state index in [4.69, 9.17) is 0 Å². The molecule has 0 aromatic carbocycles. The van der Waals surface area contributed by atoms with Crippen molar-refractivity contribution in [2.45, 2.75) is 38.6 Å². The highest BCUT2D eigenvalue weighted by atomic mass is 16.2. The quantitative estimate of drug-likeness (QED) is 0.914. The van der Waals surface area contributed by atoms with Crippen molar-refractivity contribution in [1.82, 2.24) is 29.7 Å². The maximum Gasteiger partial charge on any atom is 0.320 e. The van der Waals surface area contributed by atoms with Gasteiger partial charge in [0.15, 0.2) is 0 Å². The van der Waals surface area contributed by atoms with Crippen molar-refractivity contribution in [3.63, 3.8) is 0 Å². The van der Waals surface area contributed by atoms with E-state index in [2.05, 4.69) is 33.8 Å². The van der Waals surface area contributed by atoms with E-state index in [0.29, 0.717) is 18.4 Å². The number of nitrogens with zero attached hydrogens (tertiary/aromatic N) is 5. The Bertz CT molecular complexity index is 736. The summed E-state index contributed by atoms with van der Waals surface area (Å²) in [6.07, 6.45) is 6.28. The lowest BCUT2D eigenvalue weighted by molar-refractivity contribution is 0.108. The number of amides is 2. The van der Waals surface area contributed by atoms with Gasteiger partial charge >= 0.3 is 6.03 Å². The first-order valence-corrected chi connectivity index (χ1v) is 8.49. The first kappa shape index (κ1) is 15.1. The van der Waals surface area contributed by atoms with Crippen LogP contribution in [0.2, 0.25) is 0 Å². The minimum atomic E-state index is 0.108. The van der Waals surface area contributed by atoms with Crippen molar-refractivity contribution in [3.05, 3.63) is 41.5 Å². The maximum atomic E-state index is 12.7. The highest BCUT2D eigenvalue weighted by Gasteiger charge is 2.36. The minimum absolute atomic E-state index is 0.108. The van der Waals surface area contributed by atoms with Crippen molar-refractivity contribution >= 4 is 6.03 Å². The molecule has 2 aromatic rings. The van der Waals surface area contributed by atoms with Gasteiger partial charge < -0.3 is 14.8 Å². The van der Waals surface area contributed by atoms with Crippen LogP contribution in [-0.2, 0) is 13.0 Å². The van der Waals surface area contributed by atoms with Crippen LogP contribution in [0.4, 0.5) is 4.79 Å². The Morgan fingerprint density at radius 3 is 2.83 bits per heavy atom. The molecule has 1 saturated heterocycles. The third kappa shape index (κ3) is 2.64. The zero-order chi connectivity index (χ0) is 16.7. The molecule has 0 unspecified atom stereocenters. The van der Waals surface area contributed by atoms with E-state index in [0.717, 1.165) is 49.0 Å². The van der Waals surface area contributed by atoms with Gasteiger partial charge in [0.25, 0.3) is 0 Å². The minimum Gasteiger partial charge on any atom is -0.348 e. The number of carbonyl (C=O) groups excluding carboxylic acids is 1. The number of aromatic nitrogens is 4. The predicted molar refractivity (Wildman–Crippen MR) is 88.5 cm³/mol. The molecule has 2 aliphatic rings. The molecule has 1 fully saturated rings.